The van der Waals surface area contributed by atoms with Gasteiger partial charge in [-0.1, -0.05) is 32.1 Å². The Hall–Kier alpha value is -3.67. The average Bonchev–Trinajstić information content (AvgIpc) is 3.75. The van der Waals surface area contributed by atoms with Crippen molar-refractivity contribution in [3.8, 4) is 0 Å². The Labute approximate surface area is 300 Å². The first-order valence-corrected chi connectivity index (χ1v) is 18.8. The van der Waals surface area contributed by atoms with Gasteiger partial charge in [-0.05, 0) is 108 Å². The molecule has 5 rings (SSSR count). The van der Waals surface area contributed by atoms with Crippen LogP contribution in [0.25, 0.3) is 11.0 Å². The van der Waals surface area contributed by atoms with Gasteiger partial charge in [0.25, 0.3) is 0 Å². The van der Waals surface area contributed by atoms with E-state index in [0.717, 1.165) is 38.5 Å². The quantitative estimate of drug-likeness (QED) is 0.162. The van der Waals surface area contributed by atoms with Crippen LogP contribution in [0, 0.1) is 23.7 Å². The van der Waals surface area contributed by atoms with E-state index in [4.69, 9.17) is 18.6 Å². The molecule has 51 heavy (non-hydrogen) atoms. The molecule has 2 aliphatic carbocycles. The summed E-state index contributed by atoms with van der Waals surface area (Å²) in [5, 5.41) is 6.45. The standard InChI is InChI=1S/C39H56FN3O8/c1-39(2,3)51-38(47)42-31(24-40)26-12-14-27(15-13-26)36(45)43-19-18-30(25-10-6-5-7-11-25)34(43)35(44)41-29-16-17-32-28(22-29)23-33(50-32)37(46)49-21-9-8-20-48-4/h16-17,22-23,25-27,30-31,34H,5-15,18-21,24H2,1-4H3,(H,41,44)(H,42,47)/t26?,27?,30-,31+,34+/m0/s1. The number of ether oxygens (including phenoxy) is 3. The summed E-state index contributed by atoms with van der Waals surface area (Å²) in [6.45, 7) is 5.99. The molecule has 2 heterocycles. The molecule has 3 fully saturated rings. The third kappa shape index (κ3) is 10.2. The molecule has 1 aromatic carbocycles. The fourth-order valence-electron chi connectivity index (χ4n) is 8.22. The Balaban J connectivity index is 1.24. The SMILES string of the molecule is COCCCCOC(=O)c1cc2cc(NC(=O)[C@H]3[C@H](C4CCCCC4)CCN3C(=O)C3CCC([C@@H](CF)NC(=O)OC(C)(C)C)CC3)ccc2o1. The van der Waals surface area contributed by atoms with E-state index in [0.29, 0.717) is 67.8 Å². The predicted octanol–water partition coefficient (Wildman–Crippen LogP) is 7.42. The lowest BCUT2D eigenvalue weighted by Gasteiger charge is -2.37. The summed E-state index contributed by atoms with van der Waals surface area (Å²) >= 11 is 0. The number of hydrogen-bond acceptors (Lipinski definition) is 8. The van der Waals surface area contributed by atoms with Crippen LogP contribution in [0.2, 0.25) is 0 Å². The van der Waals surface area contributed by atoms with Gasteiger partial charge >= 0.3 is 12.1 Å². The minimum atomic E-state index is -0.703. The lowest BCUT2D eigenvalue weighted by Crippen LogP contribution is -2.50. The molecule has 2 aromatic rings. The fraction of sp³-hybridized carbons (Fsp3) is 0.692. The van der Waals surface area contributed by atoms with Gasteiger partial charge in [0.05, 0.1) is 12.6 Å². The van der Waals surface area contributed by atoms with Crippen LogP contribution < -0.4 is 10.6 Å². The van der Waals surface area contributed by atoms with E-state index in [1.807, 2.05) is 4.90 Å². The van der Waals surface area contributed by atoms with E-state index >= 15 is 0 Å². The van der Waals surface area contributed by atoms with Gasteiger partial charge in [-0.3, -0.25) is 9.59 Å². The smallest absolute Gasteiger partial charge is 0.407 e. The maximum Gasteiger partial charge on any atom is 0.407 e. The second-order valence-corrected chi connectivity index (χ2v) is 15.5. The van der Waals surface area contributed by atoms with Crippen molar-refractivity contribution in [3.05, 3.63) is 30.0 Å². The number of nitrogens with one attached hydrogen (secondary N) is 2. The topological polar surface area (TPSA) is 136 Å². The molecule has 1 aromatic heterocycles. The third-order valence-corrected chi connectivity index (χ3v) is 10.8. The summed E-state index contributed by atoms with van der Waals surface area (Å²) in [5.74, 6) is -0.572. The van der Waals surface area contributed by atoms with Crippen LogP contribution in [0.15, 0.2) is 28.7 Å². The molecule has 0 bridgehead atoms. The van der Waals surface area contributed by atoms with Crippen molar-refractivity contribution < 1.29 is 42.2 Å². The van der Waals surface area contributed by atoms with Crippen LogP contribution in [0.1, 0.15) is 108 Å². The molecule has 3 atom stereocenters. The minimum Gasteiger partial charge on any atom is -0.460 e. The van der Waals surface area contributed by atoms with Gasteiger partial charge in [0.1, 0.15) is 23.9 Å². The highest BCUT2D eigenvalue weighted by molar-refractivity contribution is 6.00. The van der Waals surface area contributed by atoms with Crippen molar-refractivity contribution in [2.24, 2.45) is 23.7 Å². The summed E-state index contributed by atoms with van der Waals surface area (Å²) in [6, 6.07) is 5.60. The van der Waals surface area contributed by atoms with Crippen LogP contribution in [0.3, 0.4) is 0 Å². The van der Waals surface area contributed by atoms with E-state index in [2.05, 4.69) is 10.6 Å². The van der Waals surface area contributed by atoms with Gasteiger partial charge < -0.3 is 34.2 Å². The molecule has 2 N–H and O–H groups in total. The van der Waals surface area contributed by atoms with Gasteiger partial charge in [0, 0.05) is 37.3 Å². The van der Waals surface area contributed by atoms with Crippen LogP contribution in [0.5, 0.6) is 0 Å². The molecule has 3 aliphatic rings. The summed E-state index contributed by atoms with van der Waals surface area (Å²) in [5.41, 5.74) is 0.382. The molecule has 0 radical (unpaired) electrons. The number of esters is 1. The number of carbonyl (C=O) groups excluding carboxylic acids is 4. The fourth-order valence-corrected chi connectivity index (χ4v) is 8.22. The number of unbranched alkanes of at least 4 members (excludes halogenated alkanes) is 1. The zero-order valence-corrected chi connectivity index (χ0v) is 30.7. The Bertz CT molecular complexity index is 1490. The average molecular weight is 714 g/mol. The van der Waals surface area contributed by atoms with Crippen LogP contribution in [-0.4, -0.2) is 80.0 Å². The van der Waals surface area contributed by atoms with E-state index in [9.17, 15) is 23.6 Å². The Morgan fingerprint density at radius 1 is 0.961 bits per heavy atom. The zero-order valence-electron chi connectivity index (χ0n) is 30.7. The number of benzene rings is 1. The highest BCUT2D eigenvalue weighted by atomic mass is 19.1. The number of alkyl carbamates (subject to hydrolysis) is 1. The summed E-state index contributed by atoms with van der Waals surface area (Å²) in [4.78, 5) is 55.1. The number of alkyl halides is 1. The third-order valence-electron chi connectivity index (χ3n) is 10.8. The number of halogens is 1. The number of likely N-dealkylation sites (tertiary alicyclic amines) is 1. The number of amides is 3. The number of methoxy groups -OCH3 is 1. The maximum atomic E-state index is 14.2. The maximum absolute atomic E-state index is 14.2. The number of hydrogen-bond donors (Lipinski definition) is 2. The van der Waals surface area contributed by atoms with Crippen molar-refractivity contribution in [2.75, 3.05) is 38.9 Å². The number of furan rings is 1. The largest absolute Gasteiger partial charge is 0.460 e. The van der Waals surface area contributed by atoms with Crippen molar-refractivity contribution in [1.82, 2.24) is 10.2 Å². The molecular formula is C39H56FN3O8. The number of rotatable bonds is 13. The molecule has 1 aliphatic heterocycles. The molecule has 3 amide bonds. The highest BCUT2D eigenvalue weighted by Gasteiger charge is 2.47. The van der Waals surface area contributed by atoms with Crippen molar-refractivity contribution in [1.29, 1.82) is 0 Å². The molecule has 0 unspecified atom stereocenters. The Morgan fingerprint density at radius 3 is 2.37 bits per heavy atom. The Kier molecular flexibility index (Phi) is 13.4. The second-order valence-electron chi connectivity index (χ2n) is 15.5. The van der Waals surface area contributed by atoms with Gasteiger partial charge in [-0.2, -0.15) is 0 Å². The lowest BCUT2D eigenvalue weighted by atomic mass is 9.76. The molecule has 11 nitrogen and oxygen atoms in total. The first-order chi connectivity index (χ1) is 24.5. The van der Waals surface area contributed by atoms with E-state index in [1.165, 1.54) is 6.42 Å². The normalized spacial score (nSPS) is 23.5. The Morgan fingerprint density at radius 2 is 1.69 bits per heavy atom. The monoisotopic (exact) mass is 713 g/mol. The highest BCUT2D eigenvalue weighted by Crippen LogP contribution is 2.41. The van der Waals surface area contributed by atoms with Gasteiger partial charge in [0.2, 0.25) is 17.6 Å². The summed E-state index contributed by atoms with van der Waals surface area (Å²) in [7, 11) is 1.63. The van der Waals surface area contributed by atoms with E-state index in [-0.39, 0.29) is 41.9 Å². The summed E-state index contributed by atoms with van der Waals surface area (Å²) < 4.78 is 35.5. The van der Waals surface area contributed by atoms with Gasteiger partial charge in [-0.15, -0.1) is 0 Å². The lowest BCUT2D eigenvalue weighted by molar-refractivity contribution is -0.142. The van der Waals surface area contributed by atoms with Crippen molar-refractivity contribution in [2.45, 2.75) is 116 Å². The van der Waals surface area contributed by atoms with Gasteiger partial charge in [0.15, 0.2) is 0 Å². The molecule has 1 saturated heterocycles. The zero-order chi connectivity index (χ0) is 36.5. The van der Waals surface area contributed by atoms with Crippen molar-refractivity contribution >= 4 is 40.5 Å². The number of fused-ring (bicyclic) bond motifs is 1. The van der Waals surface area contributed by atoms with E-state index in [1.54, 1.807) is 52.1 Å². The van der Waals surface area contributed by atoms with Crippen LogP contribution in [0.4, 0.5) is 14.9 Å². The molecule has 12 heteroatoms. The van der Waals surface area contributed by atoms with Crippen LogP contribution >= 0.6 is 0 Å². The number of carbonyl (C=O) groups is 4. The second kappa shape index (κ2) is 17.7. The van der Waals surface area contributed by atoms with Crippen molar-refractivity contribution in [3.63, 3.8) is 0 Å². The van der Waals surface area contributed by atoms with Gasteiger partial charge in [-0.25, -0.2) is 14.0 Å². The molecular weight excluding hydrogens is 657 g/mol. The van der Waals surface area contributed by atoms with E-state index < -0.39 is 36.4 Å². The first kappa shape index (κ1) is 38.6. The molecule has 282 valence electrons. The molecule has 2 saturated carbocycles. The predicted molar refractivity (Wildman–Crippen MR) is 191 cm³/mol. The first-order valence-electron chi connectivity index (χ1n) is 18.8. The summed E-state index contributed by atoms with van der Waals surface area (Å²) in [6.07, 6.45) is 9.56. The number of anilines is 1. The molecule has 0 spiro atoms. The number of nitrogens with zero attached hydrogens (tertiary/aromatic N) is 1. The van der Waals surface area contributed by atoms with Crippen LogP contribution in [-0.2, 0) is 23.8 Å². The minimum absolute atomic E-state index is 0.0144.